The lowest BCUT2D eigenvalue weighted by Gasteiger charge is -2.08. The van der Waals surface area contributed by atoms with E-state index >= 15 is 0 Å². The van der Waals surface area contributed by atoms with Crippen molar-refractivity contribution in [1.82, 2.24) is 4.90 Å². The first-order valence-electron chi connectivity index (χ1n) is 3.74. The Morgan fingerprint density at radius 3 is 2.64 bits per heavy atom. The van der Waals surface area contributed by atoms with Gasteiger partial charge in [-0.3, -0.25) is 0 Å². The van der Waals surface area contributed by atoms with Crippen molar-refractivity contribution in [3.63, 3.8) is 0 Å². The summed E-state index contributed by atoms with van der Waals surface area (Å²) in [6.07, 6.45) is 0. The predicted molar refractivity (Wildman–Crippen MR) is 46.4 cm³/mol. The van der Waals surface area contributed by atoms with E-state index in [-0.39, 0.29) is 0 Å². The van der Waals surface area contributed by atoms with E-state index in [1.807, 2.05) is 12.1 Å². The topological polar surface area (TPSA) is 30.9 Å². The van der Waals surface area contributed by atoms with Gasteiger partial charge in [-0.05, 0) is 25.7 Å². The molecule has 0 aromatic heterocycles. The third-order valence-corrected chi connectivity index (χ3v) is 1.49. The van der Waals surface area contributed by atoms with Gasteiger partial charge in [0.1, 0.15) is 5.69 Å². The Morgan fingerprint density at radius 2 is 2.09 bits per heavy atom. The van der Waals surface area contributed by atoms with Gasteiger partial charge in [0.05, 0.1) is 0 Å². The van der Waals surface area contributed by atoms with Crippen LogP contribution in [-0.2, 0) is 6.54 Å². The Morgan fingerprint density at radius 1 is 1.36 bits per heavy atom. The van der Waals surface area contributed by atoms with Crippen molar-refractivity contribution in [2.75, 3.05) is 14.1 Å². The van der Waals surface area contributed by atoms with Crippen molar-refractivity contribution in [3.05, 3.63) is 29.8 Å². The lowest BCUT2D eigenvalue weighted by Crippen LogP contribution is -2.40. The molecule has 60 valence electrons. The fourth-order valence-electron chi connectivity index (χ4n) is 1.09. The van der Waals surface area contributed by atoms with Crippen molar-refractivity contribution in [3.8, 4) is 0 Å². The zero-order valence-electron chi connectivity index (χ0n) is 7.17. The summed E-state index contributed by atoms with van der Waals surface area (Å²) in [6, 6.07) is 8.29. The van der Waals surface area contributed by atoms with Gasteiger partial charge < -0.3 is 10.6 Å². The van der Waals surface area contributed by atoms with Crippen LogP contribution in [0.1, 0.15) is 5.56 Å². The van der Waals surface area contributed by atoms with Crippen LogP contribution in [0.25, 0.3) is 0 Å². The zero-order chi connectivity index (χ0) is 8.27. The van der Waals surface area contributed by atoms with Crippen LogP contribution in [0.3, 0.4) is 0 Å². The van der Waals surface area contributed by atoms with E-state index in [0.717, 1.165) is 12.2 Å². The van der Waals surface area contributed by atoms with Gasteiger partial charge in [-0.2, -0.15) is 0 Å². The SMILES string of the molecule is CN(C)Cc1cccc([NH3+])c1. The minimum Gasteiger partial charge on any atom is -0.325 e. The molecule has 0 bridgehead atoms. The number of hydrogen-bond acceptors (Lipinski definition) is 1. The van der Waals surface area contributed by atoms with Crippen molar-refractivity contribution in [2.24, 2.45) is 0 Å². The third kappa shape index (κ3) is 2.70. The predicted octanol–water partition coefficient (Wildman–Crippen LogP) is 0.622. The van der Waals surface area contributed by atoms with E-state index in [4.69, 9.17) is 0 Å². The molecule has 0 saturated carbocycles. The average Bonchev–Trinajstić information content (AvgIpc) is 1.85. The molecule has 1 aromatic rings. The number of quaternary nitrogens is 1. The van der Waals surface area contributed by atoms with Gasteiger partial charge in [0, 0.05) is 12.6 Å². The van der Waals surface area contributed by atoms with Crippen LogP contribution in [0.4, 0.5) is 5.69 Å². The maximum absolute atomic E-state index is 3.87. The minimum absolute atomic E-state index is 0.989. The summed E-state index contributed by atoms with van der Waals surface area (Å²) in [5.74, 6) is 0. The van der Waals surface area contributed by atoms with Crippen molar-refractivity contribution in [2.45, 2.75) is 6.54 Å². The summed E-state index contributed by atoms with van der Waals surface area (Å²) in [5, 5.41) is 0. The molecular formula is C9H15N2+. The standard InChI is InChI=1S/C9H14N2/c1-11(2)7-8-4-3-5-9(10)6-8/h3-6H,7,10H2,1-2H3/p+1. The van der Waals surface area contributed by atoms with Crippen LogP contribution in [0.2, 0.25) is 0 Å². The molecule has 1 aromatic carbocycles. The highest BCUT2D eigenvalue weighted by Gasteiger charge is 1.95. The zero-order valence-corrected chi connectivity index (χ0v) is 7.17. The number of nitrogens with zero attached hydrogens (tertiary/aromatic N) is 1. The molecule has 0 spiro atoms. The van der Waals surface area contributed by atoms with Gasteiger partial charge in [0.2, 0.25) is 0 Å². The molecule has 0 amide bonds. The second-order valence-corrected chi connectivity index (χ2v) is 3.06. The summed E-state index contributed by atoms with van der Waals surface area (Å²) >= 11 is 0. The Bertz CT molecular complexity index is 231. The second kappa shape index (κ2) is 3.51. The molecule has 0 aliphatic heterocycles. The first-order chi connectivity index (χ1) is 5.18. The number of rotatable bonds is 2. The number of benzene rings is 1. The van der Waals surface area contributed by atoms with Crippen molar-refractivity contribution >= 4 is 5.69 Å². The molecule has 0 saturated heterocycles. The second-order valence-electron chi connectivity index (χ2n) is 3.06. The van der Waals surface area contributed by atoms with Gasteiger partial charge in [-0.15, -0.1) is 0 Å². The maximum atomic E-state index is 3.87. The quantitative estimate of drug-likeness (QED) is 0.660. The third-order valence-electron chi connectivity index (χ3n) is 1.49. The van der Waals surface area contributed by atoms with E-state index in [1.165, 1.54) is 5.56 Å². The maximum Gasteiger partial charge on any atom is 0.128 e. The van der Waals surface area contributed by atoms with Crippen LogP contribution >= 0.6 is 0 Å². The Labute approximate surface area is 67.6 Å². The van der Waals surface area contributed by atoms with Crippen molar-refractivity contribution < 1.29 is 5.73 Å². The molecule has 0 fully saturated rings. The van der Waals surface area contributed by atoms with E-state index in [1.54, 1.807) is 0 Å². The molecule has 0 atom stereocenters. The highest BCUT2D eigenvalue weighted by molar-refractivity contribution is 5.32. The summed E-state index contributed by atoms with van der Waals surface area (Å²) < 4.78 is 0. The lowest BCUT2D eigenvalue weighted by atomic mass is 10.2. The van der Waals surface area contributed by atoms with Gasteiger partial charge in [-0.1, -0.05) is 12.1 Å². The minimum atomic E-state index is 0.989. The monoisotopic (exact) mass is 151 g/mol. The van der Waals surface area contributed by atoms with Gasteiger partial charge in [0.15, 0.2) is 0 Å². The average molecular weight is 151 g/mol. The van der Waals surface area contributed by atoms with E-state index < -0.39 is 0 Å². The molecule has 0 aliphatic rings. The Balaban J connectivity index is 2.71. The van der Waals surface area contributed by atoms with Crippen molar-refractivity contribution in [1.29, 1.82) is 0 Å². The van der Waals surface area contributed by atoms with Crippen LogP contribution in [0, 0.1) is 0 Å². The first kappa shape index (κ1) is 8.24. The van der Waals surface area contributed by atoms with Gasteiger partial charge in [0.25, 0.3) is 0 Å². The van der Waals surface area contributed by atoms with E-state index in [0.29, 0.717) is 0 Å². The molecule has 11 heavy (non-hydrogen) atoms. The fraction of sp³-hybridized carbons (Fsp3) is 0.333. The molecule has 2 nitrogen and oxygen atoms in total. The molecule has 0 aliphatic carbocycles. The Hall–Kier alpha value is -0.860. The Kier molecular flexibility index (Phi) is 2.63. The van der Waals surface area contributed by atoms with Gasteiger partial charge >= 0.3 is 0 Å². The highest BCUT2D eigenvalue weighted by Crippen LogP contribution is 2.05. The largest absolute Gasteiger partial charge is 0.325 e. The van der Waals surface area contributed by atoms with E-state index in [2.05, 4.69) is 36.9 Å². The molecule has 0 unspecified atom stereocenters. The molecule has 3 N–H and O–H groups in total. The lowest BCUT2D eigenvalue weighted by molar-refractivity contribution is -0.254. The van der Waals surface area contributed by atoms with Crippen LogP contribution in [-0.4, -0.2) is 19.0 Å². The number of hydrogen-bond donors (Lipinski definition) is 1. The van der Waals surface area contributed by atoms with Gasteiger partial charge in [-0.25, -0.2) is 0 Å². The summed E-state index contributed by atoms with van der Waals surface area (Å²) in [6.45, 7) is 0.989. The molecular weight excluding hydrogens is 136 g/mol. The first-order valence-corrected chi connectivity index (χ1v) is 3.74. The molecule has 1 rings (SSSR count). The molecule has 0 heterocycles. The summed E-state index contributed by atoms with van der Waals surface area (Å²) in [7, 11) is 4.13. The molecule has 0 radical (unpaired) electrons. The summed E-state index contributed by atoms with van der Waals surface area (Å²) in [4.78, 5) is 2.15. The summed E-state index contributed by atoms with van der Waals surface area (Å²) in [5.41, 5.74) is 6.28. The smallest absolute Gasteiger partial charge is 0.128 e. The van der Waals surface area contributed by atoms with E-state index in [9.17, 15) is 0 Å². The van der Waals surface area contributed by atoms with Crippen LogP contribution in [0.5, 0.6) is 0 Å². The normalized spacial score (nSPS) is 10.5. The van der Waals surface area contributed by atoms with Crippen LogP contribution in [0.15, 0.2) is 24.3 Å². The highest BCUT2D eigenvalue weighted by atomic mass is 15.0. The fourth-order valence-corrected chi connectivity index (χ4v) is 1.09. The molecule has 2 heteroatoms. The van der Waals surface area contributed by atoms with Crippen LogP contribution < -0.4 is 5.73 Å².